The van der Waals surface area contributed by atoms with Gasteiger partial charge in [-0.3, -0.25) is 0 Å². The second-order valence-electron chi connectivity index (χ2n) is 8.33. The van der Waals surface area contributed by atoms with Gasteiger partial charge in [-0.15, -0.1) is 0 Å². The van der Waals surface area contributed by atoms with Crippen molar-refractivity contribution in [1.29, 1.82) is 0 Å². The maximum absolute atomic E-state index is 13.9. The minimum Gasteiger partial charge on any atom is -0.328 e. The monoisotopic (exact) mass is 482 g/mol. The zero-order chi connectivity index (χ0) is 23.7. The highest BCUT2D eigenvalue weighted by atomic mass is 32.2. The molecule has 2 aliphatic carbocycles. The minimum absolute atomic E-state index is 0.00480. The fourth-order valence-corrected chi connectivity index (χ4v) is 7.44. The number of rotatable bonds is 6. The fraction of sp³-hybridized carbons (Fsp3) is 0.231. The highest BCUT2D eigenvalue weighted by molar-refractivity contribution is 7.93. The van der Waals surface area contributed by atoms with Gasteiger partial charge in [-0.2, -0.15) is 0 Å². The molecule has 0 amide bonds. The van der Waals surface area contributed by atoms with Crippen LogP contribution in [0.25, 0.3) is 0 Å². The second kappa shape index (κ2) is 8.56. The van der Waals surface area contributed by atoms with Crippen LogP contribution in [0, 0.1) is 0 Å². The van der Waals surface area contributed by atoms with Gasteiger partial charge >= 0.3 is 0 Å². The molecule has 0 spiro atoms. The van der Waals surface area contributed by atoms with E-state index in [9.17, 15) is 16.8 Å². The molecule has 0 saturated heterocycles. The van der Waals surface area contributed by atoms with Crippen LogP contribution in [0.5, 0.6) is 0 Å². The Kier molecular flexibility index (Phi) is 6.07. The molecule has 2 aromatic rings. The number of benzene rings is 2. The van der Waals surface area contributed by atoms with Gasteiger partial charge in [0.05, 0.1) is 9.79 Å². The summed E-state index contributed by atoms with van der Waals surface area (Å²) in [6.07, 6.45) is 9.80. The number of hydrogen-bond acceptors (Lipinski definition) is 5. The van der Waals surface area contributed by atoms with Gasteiger partial charge in [0.2, 0.25) is 19.7 Å². The lowest BCUT2D eigenvalue weighted by Crippen LogP contribution is -2.52. The molecule has 5 nitrogen and oxygen atoms in total. The van der Waals surface area contributed by atoms with Crippen LogP contribution in [0.15, 0.2) is 118 Å². The van der Waals surface area contributed by atoms with Gasteiger partial charge in [0.25, 0.3) is 0 Å². The molecule has 7 heteroatoms. The predicted molar refractivity (Wildman–Crippen MR) is 129 cm³/mol. The molecular formula is C26H26O5S2. The fourth-order valence-electron chi connectivity index (χ4n) is 3.95. The zero-order valence-electron chi connectivity index (χ0n) is 18.5. The Balaban J connectivity index is 1.91. The minimum atomic E-state index is -4.11. The van der Waals surface area contributed by atoms with Gasteiger partial charge in [-0.1, -0.05) is 71.8 Å². The van der Waals surface area contributed by atoms with Gasteiger partial charge in [0.1, 0.15) is 0 Å². The quantitative estimate of drug-likeness (QED) is 0.569. The van der Waals surface area contributed by atoms with Crippen LogP contribution >= 0.6 is 0 Å². The lowest BCUT2D eigenvalue weighted by atomic mass is 10.0. The first-order chi connectivity index (χ1) is 15.6. The summed E-state index contributed by atoms with van der Waals surface area (Å²) in [5, 5.41) is 0. The lowest BCUT2D eigenvalue weighted by Gasteiger charge is -2.41. The Morgan fingerprint density at radius 3 is 1.30 bits per heavy atom. The van der Waals surface area contributed by atoms with Gasteiger partial charge in [-0.05, 0) is 50.3 Å². The number of ether oxygens (including phenoxy) is 1. The summed E-state index contributed by atoms with van der Waals surface area (Å²) in [7, 11) is -8.23. The molecule has 0 aromatic heterocycles. The first kappa shape index (κ1) is 23.4. The highest BCUT2D eigenvalue weighted by Gasteiger charge is 2.54. The SMILES string of the molecule is CC1=CCC(OC2(S(=O)(=O)c3ccccc3)C=CC(C)=CC2)(S(=O)(=O)c2ccccc2)C=C1. The van der Waals surface area contributed by atoms with Gasteiger partial charge < -0.3 is 4.74 Å². The molecule has 0 radical (unpaired) electrons. The van der Waals surface area contributed by atoms with E-state index in [1.54, 1.807) is 60.7 Å². The summed E-state index contributed by atoms with van der Waals surface area (Å²) >= 11 is 0. The normalized spacial score (nSPS) is 25.4. The van der Waals surface area contributed by atoms with Crippen molar-refractivity contribution in [1.82, 2.24) is 0 Å². The maximum atomic E-state index is 13.9. The predicted octanol–water partition coefficient (Wildman–Crippen LogP) is 5.16. The van der Waals surface area contributed by atoms with Gasteiger partial charge in [0, 0.05) is 12.8 Å². The zero-order valence-corrected chi connectivity index (χ0v) is 20.1. The van der Waals surface area contributed by atoms with E-state index in [1.165, 1.54) is 36.4 Å². The Labute approximate surface area is 195 Å². The highest BCUT2D eigenvalue weighted by Crippen LogP contribution is 2.45. The molecule has 2 atom stereocenters. The number of sulfone groups is 2. The summed E-state index contributed by atoms with van der Waals surface area (Å²) in [6, 6.07) is 16.0. The van der Waals surface area contributed by atoms with Crippen molar-refractivity contribution in [3.05, 3.63) is 108 Å². The Morgan fingerprint density at radius 1 is 0.636 bits per heavy atom. The molecule has 2 unspecified atom stereocenters. The summed E-state index contributed by atoms with van der Waals surface area (Å²) < 4.78 is 62.1. The molecule has 33 heavy (non-hydrogen) atoms. The van der Waals surface area contributed by atoms with Crippen molar-refractivity contribution in [2.45, 2.75) is 46.3 Å². The van der Waals surface area contributed by atoms with E-state index >= 15 is 0 Å². The van der Waals surface area contributed by atoms with Crippen molar-refractivity contribution >= 4 is 19.7 Å². The third kappa shape index (κ3) is 4.05. The molecule has 4 rings (SSSR count). The summed E-state index contributed by atoms with van der Waals surface area (Å²) in [5.41, 5.74) is 1.76. The molecule has 0 saturated carbocycles. The molecule has 0 N–H and O–H groups in total. The summed E-state index contributed by atoms with van der Waals surface area (Å²) in [6.45, 7) is 3.72. The van der Waals surface area contributed by atoms with E-state index in [4.69, 9.17) is 4.74 Å². The first-order valence-electron chi connectivity index (χ1n) is 10.6. The van der Waals surface area contributed by atoms with Crippen LogP contribution < -0.4 is 0 Å². The topological polar surface area (TPSA) is 77.5 Å². The van der Waals surface area contributed by atoms with Gasteiger partial charge in [0.15, 0.2) is 9.87 Å². The van der Waals surface area contributed by atoms with E-state index < -0.39 is 29.5 Å². The smallest absolute Gasteiger partial charge is 0.212 e. The van der Waals surface area contributed by atoms with Crippen LogP contribution in [0.4, 0.5) is 0 Å². The molecule has 0 fully saturated rings. The molecule has 0 bridgehead atoms. The van der Waals surface area contributed by atoms with E-state index in [-0.39, 0.29) is 22.6 Å². The molecule has 2 aliphatic rings. The van der Waals surface area contributed by atoms with Crippen molar-refractivity contribution in [3.63, 3.8) is 0 Å². The maximum Gasteiger partial charge on any atom is 0.212 e. The first-order valence-corrected chi connectivity index (χ1v) is 13.6. The molecule has 172 valence electrons. The average Bonchev–Trinajstić information content (AvgIpc) is 2.83. The summed E-state index contributed by atoms with van der Waals surface area (Å²) in [5.74, 6) is 0. The molecule has 0 heterocycles. The van der Waals surface area contributed by atoms with Crippen LogP contribution in [0.1, 0.15) is 26.7 Å². The third-order valence-corrected chi connectivity index (χ3v) is 10.4. The van der Waals surface area contributed by atoms with Crippen molar-refractivity contribution in [2.75, 3.05) is 0 Å². The third-order valence-electron chi connectivity index (χ3n) is 5.98. The van der Waals surface area contributed by atoms with Crippen LogP contribution in [-0.4, -0.2) is 26.7 Å². The average molecular weight is 483 g/mol. The summed E-state index contributed by atoms with van der Waals surface area (Å²) in [4.78, 5) is -3.64. The van der Waals surface area contributed by atoms with E-state index in [0.29, 0.717) is 0 Å². The largest absolute Gasteiger partial charge is 0.328 e. The second-order valence-corrected chi connectivity index (χ2v) is 12.7. The van der Waals surface area contributed by atoms with Crippen LogP contribution in [0.2, 0.25) is 0 Å². The number of hydrogen-bond donors (Lipinski definition) is 0. The Bertz CT molecular complexity index is 1260. The standard InChI is InChI=1S/C26H26O5S2/c1-21-13-17-25(18-14-21,32(27,28)23-9-5-3-6-10-23)31-26(19-15-22(2)16-20-26)33(29,30)24-11-7-4-8-12-24/h3-17,19H,18,20H2,1-2H3. The molecule has 2 aromatic carbocycles. The molecular weight excluding hydrogens is 456 g/mol. The Morgan fingerprint density at radius 2 is 1.00 bits per heavy atom. The van der Waals surface area contributed by atoms with Crippen LogP contribution in [0.3, 0.4) is 0 Å². The van der Waals surface area contributed by atoms with E-state index in [2.05, 4.69) is 0 Å². The van der Waals surface area contributed by atoms with Crippen LogP contribution in [-0.2, 0) is 24.4 Å². The van der Waals surface area contributed by atoms with E-state index in [0.717, 1.165) is 11.1 Å². The molecule has 0 aliphatic heterocycles. The van der Waals surface area contributed by atoms with E-state index in [1.807, 2.05) is 13.8 Å². The Hall–Kier alpha value is -2.74. The van der Waals surface area contributed by atoms with Gasteiger partial charge in [-0.25, -0.2) is 16.8 Å². The number of allylic oxidation sites excluding steroid dienone is 4. The lowest BCUT2D eigenvalue weighted by molar-refractivity contribution is -0.0139. The van der Waals surface area contributed by atoms with Crippen molar-refractivity contribution < 1.29 is 21.6 Å². The van der Waals surface area contributed by atoms with Crippen molar-refractivity contribution in [3.8, 4) is 0 Å². The van der Waals surface area contributed by atoms with Crippen molar-refractivity contribution in [2.24, 2.45) is 0 Å².